The molecule has 0 spiro atoms. The molecule has 0 radical (unpaired) electrons. The van der Waals surface area contributed by atoms with Crippen LogP contribution in [0.1, 0.15) is 10.3 Å². The summed E-state index contributed by atoms with van der Waals surface area (Å²) < 4.78 is 0. The minimum atomic E-state index is 0. The fourth-order valence-electron chi connectivity index (χ4n) is 0. The second kappa shape index (κ2) is 87.4. The zero-order valence-electron chi connectivity index (χ0n) is 5.41. The van der Waals surface area contributed by atoms with Crippen molar-refractivity contribution in [2.24, 2.45) is 0 Å². The third-order valence-corrected chi connectivity index (χ3v) is 0. The van der Waals surface area contributed by atoms with Gasteiger partial charge in [0.05, 0.1) is 0 Å². The van der Waals surface area contributed by atoms with Gasteiger partial charge in [0, 0.05) is 0 Å². The van der Waals surface area contributed by atoms with Gasteiger partial charge >= 0.3 is 37.7 Å². The monoisotopic (exact) mass is 60.1 g/mol. The molecule has 0 aliphatic heterocycles. The van der Waals surface area contributed by atoms with E-state index < -0.39 is 0 Å². The van der Waals surface area contributed by atoms with Crippen molar-refractivity contribution < 1.29 is 40.6 Å². The second-order valence-electron chi connectivity index (χ2n) is 0. The number of rotatable bonds is 0. The molecule has 0 atom stereocenters. The molecule has 0 rings (SSSR count). The first-order chi connectivity index (χ1) is 1.00. The van der Waals surface area contributed by atoms with Crippen molar-refractivity contribution in [2.75, 3.05) is 0 Å². The van der Waals surface area contributed by atoms with Crippen LogP contribution in [0.4, 0.5) is 0 Å². The standard InChI is InChI=1S/C2H4.CH4.2Li.2H/c1-2;;;;;/h1-2H2;1H4;;;;/q;;2*+1;2*-1. The average Bonchev–Trinajstić information content (AvgIpc) is 1.00. The van der Waals surface area contributed by atoms with Gasteiger partial charge in [-0.05, 0) is 0 Å². The van der Waals surface area contributed by atoms with Crippen molar-refractivity contribution in [2.45, 2.75) is 7.43 Å². The van der Waals surface area contributed by atoms with Crippen molar-refractivity contribution in [3.05, 3.63) is 13.2 Å². The molecule has 0 nitrogen and oxygen atoms in total. The molecule has 0 aromatic rings. The van der Waals surface area contributed by atoms with Crippen LogP contribution in [-0.2, 0) is 0 Å². The SMILES string of the molecule is C.C=C.[H-].[H-].[Li+].[Li+]. The number of hydrogen-bond acceptors (Lipinski definition) is 0. The summed E-state index contributed by atoms with van der Waals surface area (Å²) in [4.78, 5) is 0. The maximum Gasteiger partial charge on any atom is 1.00 e. The first-order valence-corrected chi connectivity index (χ1v) is 0.500. The zero-order valence-corrected chi connectivity index (χ0v) is 3.41. The van der Waals surface area contributed by atoms with Crippen LogP contribution in [0.15, 0.2) is 13.2 Å². The van der Waals surface area contributed by atoms with Gasteiger partial charge in [0.1, 0.15) is 0 Å². The van der Waals surface area contributed by atoms with E-state index in [1.807, 2.05) is 0 Å². The largest absolute Gasteiger partial charge is 1.00 e. The average molecular weight is 60.0 g/mol. The van der Waals surface area contributed by atoms with E-state index in [0.717, 1.165) is 0 Å². The van der Waals surface area contributed by atoms with Crippen molar-refractivity contribution in [3.63, 3.8) is 0 Å². The van der Waals surface area contributed by atoms with Gasteiger partial charge in [0.2, 0.25) is 0 Å². The van der Waals surface area contributed by atoms with Crippen LogP contribution < -0.4 is 37.7 Å². The van der Waals surface area contributed by atoms with E-state index in [9.17, 15) is 0 Å². The Labute approximate surface area is 61.4 Å². The first-order valence-electron chi connectivity index (χ1n) is 0.500. The summed E-state index contributed by atoms with van der Waals surface area (Å²) in [7, 11) is 0. The fourth-order valence-corrected chi connectivity index (χ4v) is 0. The number of hydrogen-bond donors (Lipinski definition) is 0. The van der Waals surface area contributed by atoms with Crippen LogP contribution in [0.25, 0.3) is 0 Å². The van der Waals surface area contributed by atoms with Crippen LogP contribution in [0, 0.1) is 0 Å². The molecule has 2 heteroatoms. The van der Waals surface area contributed by atoms with Crippen molar-refractivity contribution in [3.8, 4) is 0 Å². The normalized spacial score (nSPS) is 0.800. The van der Waals surface area contributed by atoms with Gasteiger partial charge in [0.15, 0.2) is 0 Å². The molecule has 0 saturated heterocycles. The molecular formula is C3H10Li2. The maximum absolute atomic E-state index is 3.00. The van der Waals surface area contributed by atoms with Crippen LogP contribution >= 0.6 is 0 Å². The van der Waals surface area contributed by atoms with E-state index >= 15 is 0 Å². The predicted octanol–water partition coefficient (Wildman–Crippen LogP) is -4.33. The molecule has 0 unspecified atom stereocenters. The topological polar surface area (TPSA) is 0 Å². The Morgan fingerprint density at radius 3 is 1.00 bits per heavy atom. The van der Waals surface area contributed by atoms with Gasteiger partial charge < -0.3 is 2.85 Å². The van der Waals surface area contributed by atoms with E-state index in [2.05, 4.69) is 13.2 Å². The molecule has 5 heavy (non-hydrogen) atoms. The minimum Gasteiger partial charge on any atom is -1.00 e. The van der Waals surface area contributed by atoms with E-state index in [0.29, 0.717) is 0 Å². The smallest absolute Gasteiger partial charge is 1.00 e. The van der Waals surface area contributed by atoms with Crippen molar-refractivity contribution in [1.82, 2.24) is 0 Å². The third-order valence-electron chi connectivity index (χ3n) is 0. The summed E-state index contributed by atoms with van der Waals surface area (Å²) in [6, 6.07) is 0. The minimum absolute atomic E-state index is 0. The van der Waals surface area contributed by atoms with Gasteiger partial charge in [-0.15, -0.1) is 13.2 Å². The Bertz CT molecular complexity index is 10.9. The Hall–Kier alpha value is 0.935. The zero-order chi connectivity index (χ0) is 2.00. The van der Waals surface area contributed by atoms with E-state index in [4.69, 9.17) is 0 Å². The molecular weight excluding hydrogens is 49.9 g/mol. The Morgan fingerprint density at radius 1 is 1.00 bits per heavy atom. The third kappa shape index (κ3) is 48.6. The van der Waals surface area contributed by atoms with Gasteiger partial charge in [-0.25, -0.2) is 0 Å². The van der Waals surface area contributed by atoms with Crippen molar-refractivity contribution >= 4 is 0 Å². The molecule has 0 aliphatic carbocycles. The van der Waals surface area contributed by atoms with Gasteiger partial charge in [0.25, 0.3) is 0 Å². The Balaban J connectivity index is -0.000000000500. The molecule has 0 bridgehead atoms. The molecule has 0 heterocycles. The Kier molecular flexibility index (Phi) is 675. The summed E-state index contributed by atoms with van der Waals surface area (Å²) in [5.74, 6) is 0. The molecule has 0 aromatic heterocycles. The molecule has 0 aromatic carbocycles. The van der Waals surface area contributed by atoms with Crippen LogP contribution in [0.3, 0.4) is 0 Å². The molecule has 0 saturated carbocycles. The summed E-state index contributed by atoms with van der Waals surface area (Å²) in [5.41, 5.74) is 0. The van der Waals surface area contributed by atoms with Gasteiger partial charge in [-0.1, -0.05) is 7.43 Å². The Morgan fingerprint density at radius 2 is 1.00 bits per heavy atom. The first kappa shape index (κ1) is 38.6. The second-order valence-corrected chi connectivity index (χ2v) is 0. The molecule has 0 aliphatic rings. The van der Waals surface area contributed by atoms with E-state index in [1.54, 1.807) is 0 Å². The van der Waals surface area contributed by atoms with Crippen molar-refractivity contribution in [1.29, 1.82) is 0 Å². The fraction of sp³-hybridized carbons (Fsp3) is 0.333. The summed E-state index contributed by atoms with van der Waals surface area (Å²) in [5, 5.41) is 0. The summed E-state index contributed by atoms with van der Waals surface area (Å²) in [6.45, 7) is 6.00. The van der Waals surface area contributed by atoms with Gasteiger partial charge in [-0.3, -0.25) is 0 Å². The summed E-state index contributed by atoms with van der Waals surface area (Å²) >= 11 is 0. The molecule has 0 fully saturated rings. The quantitative estimate of drug-likeness (QED) is 0.196. The van der Waals surface area contributed by atoms with Crippen LogP contribution in [0.2, 0.25) is 0 Å². The van der Waals surface area contributed by atoms with Gasteiger partial charge in [-0.2, -0.15) is 0 Å². The van der Waals surface area contributed by atoms with E-state index in [1.165, 1.54) is 0 Å². The molecule has 24 valence electrons. The van der Waals surface area contributed by atoms with Crippen LogP contribution in [0.5, 0.6) is 0 Å². The summed E-state index contributed by atoms with van der Waals surface area (Å²) in [6.07, 6.45) is 0. The predicted molar refractivity (Wildman–Crippen MR) is 20.2 cm³/mol. The maximum atomic E-state index is 3.00. The molecule has 0 amide bonds. The van der Waals surface area contributed by atoms with Crippen LogP contribution in [-0.4, -0.2) is 0 Å². The molecule has 0 N–H and O–H groups in total. The van der Waals surface area contributed by atoms with E-state index in [-0.39, 0.29) is 48.0 Å².